The molecule has 0 saturated heterocycles. The zero-order chi connectivity index (χ0) is 21.4. The molecule has 3 aliphatic carbocycles. The molecule has 2 aromatic rings. The van der Waals surface area contributed by atoms with E-state index in [4.69, 9.17) is 0 Å². The summed E-state index contributed by atoms with van der Waals surface area (Å²) in [7, 11) is 0. The lowest BCUT2D eigenvalue weighted by Gasteiger charge is -2.49. The van der Waals surface area contributed by atoms with Crippen molar-refractivity contribution in [1.82, 2.24) is 14.8 Å². The Labute approximate surface area is 187 Å². The summed E-state index contributed by atoms with van der Waals surface area (Å²) in [5, 5.41) is 5.53. The van der Waals surface area contributed by atoms with E-state index in [-0.39, 0.29) is 5.92 Å². The molecular formula is C27H39N3O. The summed E-state index contributed by atoms with van der Waals surface area (Å²) in [4.78, 5) is 17.5. The Kier molecular flexibility index (Phi) is 6.16. The molecule has 5 rings (SSSR count). The van der Waals surface area contributed by atoms with Crippen molar-refractivity contribution in [3.8, 4) is 0 Å². The Morgan fingerprint density at radius 3 is 2.74 bits per heavy atom. The second kappa shape index (κ2) is 9.03. The number of hydrogen-bond acceptors (Lipinski definition) is 3. The first-order chi connectivity index (χ1) is 15.1. The molecule has 3 saturated carbocycles. The Balaban J connectivity index is 1.25. The van der Waals surface area contributed by atoms with Gasteiger partial charge in [-0.3, -0.25) is 9.48 Å². The molecule has 2 heterocycles. The van der Waals surface area contributed by atoms with Crippen molar-refractivity contribution in [2.24, 2.45) is 41.4 Å². The van der Waals surface area contributed by atoms with Crippen LogP contribution in [0.4, 0.5) is 0 Å². The molecule has 7 atom stereocenters. The molecule has 0 aromatic carbocycles. The van der Waals surface area contributed by atoms with E-state index in [1.807, 2.05) is 23.0 Å². The van der Waals surface area contributed by atoms with Crippen LogP contribution in [-0.4, -0.2) is 20.5 Å². The van der Waals surface area contributed by atoms with Gasteiger partial charge in [0.25, 0.3) is 0 Å². The number of ketones is 1. The van der Waals surface area contributed by atoms with E-state index in [1.54, 1.807) is 6.20 Å². The van der Waals surface area contributed by atoms with Gasteiger partial charge in [0.15, 0.2) is 11.4 Å². The van der Waals surface area contributed by atoms with Gasteiger partial charge in [-0.05, 0) is 99.0 Å². The predicted octanol–water partition coefficient (Wildman–Crippen LogP) is 6.30. The summed E-state index contributed by atoms with van der Waals surface area (Å²) in [6.45, 7) is 5.34. The third-order valence-electron chi connectivity index (χ3n) is 9.17. The minimum absolute atomic E-state index is 0.199. The van der Waals surface area contributed by atoms with Crippen LogP contribution in [0.5, 0.6) is 0 Å². The van der Waals surface area contributed by atoms with Crippen LogP contribution in [0.25, 0.3) is 11.0 Å². The molecular weight excluding hydrogens is 382 g/mol. The first-order valence-electron chi connectivity index (χ1n) is 12.9. The minimum atomic E-state index is 0.199. The predicted molar refractivity (Wildman–Crippen MR) is 124 cm³/mol. The SMILES string of the molecule is CC1CC[C@H](C(=O)Cn2cc3cccnc3n2)CCCC2C3CC[C@H](C)C[C@H]3CC[C@@H]12. The lowest BCUT2D eigenvalue weighted by atomic mass is 9.57. The lowest BCUT2D eigenvalue weighted by molar-refractivity contribution is -0.124. The van der Waals surface area contributed by atoms with Gasteiger partial charge in [0, 0.05) is 23.7 Å². The number of nitrogens with zero attached hydrogens (tertiary/aromatic N) is 3. The highest BCUT2D eigenvalue weighted by Gasteiger charge is 2.43. The minimum Gasteiger partial charge on any atom is -0.297 e. The first kappa shape index (κ1) is 21.2. The van der Waals surface area contributed by atoms with Crippen molar-refractivity contribution in [3.63, 3.8) is 0 Å². The van der Waals surface area contributed by atoms with E-state index >= 15 is 0 Å². The van der Waals surface area contributed by atoms with E-state index in [0.717, 1.165) is 59.4 Å². The Morgan fingerprint density at radius 2 is 1.87 bits per heavy atom. The molecule has 168 valence electrons. The number of rotatable bonds is 3. The monoisotopic (exact) mass is 421 g/mol. The average Bonchev–Trinajstić information content (AvgIpc) is 3.19. The van der Waals surface area contributed by atoms with Gasteiger partial charge in [0.2, 0.25) is 0 Å². The van der Waals surface area contributed by atoms with Gasteiger partial charge in [-0.15, -0.1) is 0 Å². The number of pyridine rings is 1. The summed E-state index contributed by atoms with van der Waals surface area (Å²) in [6.07, 6.45) is 16.9. The van der Waals surface area contributed by atoms with E-state index in [2.05, 4.69) is 23.9 Å². The molecule has 0 aliphatic heterocycles. The summed E-state index contributed by atoms with van der Waals surface area (Å²) in [5.74, 6) is 6.02. The highest BCUT2D eigenvalue weighted by molar-refractivity contribution is 5.81. The summed E-state index contributed by atoms with van der Waals surface area (Å²) < 4.78 is 1.81. The Hall–Kier alpha value is -1.71. The summed E-state index contributed by atoms with van der Waals surface area (Å²) in [6, 6.07) is 3.94. The van der Waals surface area contributed by atoms with Crippen molar-refractivity contribution in [1.29, 1.82) is 0 Å². The van der Waals surface area contributed by atoms with Gasteiger partial charge in [-0.1, -0.05) is 26.7 Å². The maximum Gasteiger partial charge on any atom is 0.181 e. The molecule has 0 radical (unpaired) electrons. The second-order valence-corrected chi connectivity index (χ2v) is 11.1. The summed E-state index contributed by atoms with van der Waals surface area (Å²) >= 11 is 0. The quantitative estimate of drug-likeness (QED) is 0.584. The van der Waals surface area contributed by atoms with Gasteiger partial charge in [-0.25, -0.2) is 4.98 Å². The van der Waals surface area contributed by atoms with E-state index in [1.165, 1.54) is 51.4 Å². The highest BCUT2D eigenvalue weighted by atomic mass is 16.1. The number of carbonyl (C=O) groups excluding carboxylic acids is 1. The van der Waals surface area contributed by atoms with E-state index in [0.29, 0.717) is 12.3 Å². The van der Waals surface area contributed by atoms with E-state index < -0.39 is 0 Å². The molecule has 3 unspecified atom stereocenters. The van der Waals surface area contributed by atoms with Crippen molar-refractivity contribution in [2.75, 3.05) is 0 Å². The molecule has 0 spiro atoms. The molecule has 0 amide bonds. The normalized spacial score (nSPS) is 36.6. The molecule has 4 heteroatoms. The third kappa shape index (κ3) is 4.45. The molecule has 0 bridgehead atoms. The fourth-order valence-corrected chi connectivity index (χ4v) is 7.51. The first-order valence-corrected chi connectivity index (χ1v) is 12.9. The van der Waals surface area contributed by atoms with Gasteiger partial charge in [0.05, 0.1) is 6.54 Å². The maximum atomic E-state index is 13.2. The smallest absolute Gasteiger partial charge is 0.181 e. The number of Topliss-reactive ketones (excluding diaryl/α,β-unsaturated/α-hetero) is 1. The molecule has 3 aliphatic rings. The van der Waals surface area contributed by atoms with E-state index in [9.17, 15) is 4.79 Å². The Morgan fingerprint density at radius 1 is 1.00 bits per heavy atom. The van der Waals surface area contributed by atoms with Crippen LogP contribution in [0.2, 0.25) is 0 Å². The number of hydrogen-bond donors (Lipinski definition) is 0. The van der Waals surface area contributed by atoms with Gasteiger partial charge >= 0.3 is 0 Å². The van der Waals surface area contributed by atoms with Crippen molar-refractivity contribution in [3.05, 3.63) is 24.5 Å². The average molecular weight is 422 g/mol. The van der Waals surface area contributed by atoms with Crippen LogP contribution in [0.1, 0.15) is 78.1 Å². The van der Waals surface area contributed by atoms with Crippen LogP contribution < -0.4 is 0 Å². The molecule has 4 nitrogen and oxygen atoms in total. The van der Waals surface area contributed by atoms with Crippen molar-refractivity contribution >= 4 is 16.8 Å². The van der Waals surface area contributed by atoms with Crippen LogP contribution in [0.15, 0.2) is 24.5 Å². The highest BCUT2D eigenvalue weighted by Crippen LogP contribution is 2.52. The lowest BCUT2D eigenvalue weighted by Crippen LogP contribution is -2.40. The second-order valence-electron chi connectivity index (χ2n) is 11.1. The zero-order valence-corrected chi connectivity index (χ0v) is 19.4. The van der Waals surface area contributed by atoms with Crippen molar-refractivity contribution in [2.45, 2.75) is 84.6 Å². The fourth-order valence-electron chi connectivity index (χ4n) is 7.51. The van der Waals surface area contributed by atoms with Gasteiger partial charge in [-0.2, -0.15) is 5.10 Å². The fraction of sp³-hybridized carbons (Fsp3) is 0.741. The molecule has 31 heavy (non-hydrogen) atoms. The van der Waals surface area contributed by atoms with Crippen LogP contribution in [0, 0.1) is 41.4 Å². The van der Waals surface area contributed by atoms with Crippen LogP contribution in [0.3, 0.4) is 0 Å². The molecule has 2 aromatic heterocycles. The van der Waals surface area contributed by atoms with Crippen LogP contribution in [-0.2, 0) is 11.3 Å². The van der Waals surface area contributed by atoms with Crippen LogP contribution >= 0.6 is 0 Å². The topological polar surface area (TPSA) is 47.8 Å². The standard InChI is InChI=1S/C27H39N3O/c1-18-8-12-24-21(15-18)11-13-23-19(2)9-10-20(5-3-7-25(23)24)26(31)17-30-16-22-6-4-14-28-27(22)29-30/h4,6,14,16,18-21,23-25H,3,5,7-13,15,17H2,1-2H3/t18-,19?,20+,21+,23-,24?,25?/m0/s1. The molecule has 0 N–H and O–H groups in total. The Bertz CT molecular complexity index is 872. The largest absolute Gasteiger partial charge is 0.297 e. The molecule has 3 fully saturated rings. The van der Waals surface area contributed by atoms with Gasteiger partial charge < -0.3 is 0 Å². The zero-order valence-electron chi connectivity index (χ0n) is 19.4. The van der Waals surface area contributed by atoms with Crippen molar-refractivity contribution < 1.29 is 4.79 Å². The maximum absolute atomic E-state index is 13.2. The number of fused-ring (bicyclic) bond motifs is 4. The van der Waals surface area contributed by atoms with Gasteiger partial charge in [0.1, 0.15) is 0 Å². The number of carbonyl (C=O) groups is 1. The number of aromatic nitrogens is 3. The third-order valence-corrected chi connectivity index (χ3v) is 9.17. The summed E-state index contributed by atoms with van der Waals surface area (Å²) in [5.41, 5.74) is 0.735.